The largest absolute Gasteiger partial charge is 0.508 e. The zero-order valence-electron chi connectivity index (χ0n) is 17.5. The first-order valence-corrected chi connectivity index (χ1v) is 9.79. The number of ether oxygens (including phenoxy) is 1. The lowest BCUT2D eigenvalue weighted by Crippen LogP contribution is -1.92. The summed E-state index contributed by atoms with van der Waals surface area (Å²) in [5.74, 6) is 1.36. The van der Waals surface area contributed by atoms with Gasteiger partial charge in [0.2, 0.25) is 0 Å². The van der Waals surface area contributed by atoms with Crippen LogP contribution in [0.5, 0.6) is 17.2 Å². The number of aromatic hydroxyl groups is 2. The molecule has 0 saturated heterocycles. The molecule has 0 spiro atoms. The highest BCUT2D eigenvalue weighted by Gasteiger charge is 2.15. The number of hydrogen-bond donors (Lipinski definition) is 2. The molecule has 152 valence electrons. The number of hydrogen-bond acceptors (Lipinski definition) is 4. The summed E-state index contributed by atoms with van der Waals surface area (Å²) >= 11 is 0. The van der Waals surface area contributed by atoms with Crippen LogP contribution in [-0.2, 0) is 6.42 Å². The monoisotopic (exact) mass is 392 g/mol. The van der Waals surface area contributed by atoms with Gasteiger partial charge in [0.05, 0.1) is 7.11 Å². The summed E-state index contributed by atoms with van der Waals surface area (Å²) in [6.45, 7) is 6.38. The molecular formula is C25H28O4. The van der Waals surface area contributed by atoms with Crippen molar-refractivity contribution in [1.29, 1.82) is 0 Å². The van der Waals surface area contributed by atoms with Gasteiger partial charge in [-0.3, -0.25) is 0 Å². The van der Waals surface area contributed by atoms with Crippen molar-refractivity contribution in [1.82, 2.24) is 0 Å². The van der Waals surface area contributed by atoms with Gasteiger partial charge in [0.15, 0.2) is 0 Å². The van der Waals surface area contributed by atoms with Crippen molar-refractivity contribution in [2.75, 3.05) is 7.11 Å². The predicted octanol–water partition coefficient (Wildman–Crippen LogP) is 6.75. The summed E-state index contributed by atoms with van der Waals surface area (Å²) < 4.78 is 11.7. The molecule has 0 unspecified atom stereocenters. The minimum absolute atomic E-state index is 0.00631. The van der Waals surface area contributed by atoms with Crippen molar-refractivity contribution in [2.24, 2.45) is 0 Å². The van der Waals surface area contributed by atoms with Crippen molar-refractivity contribution < 1.29 is 19.4 Å². The highest BCUT2D eigenvalue weighted by Crippen LogP contribution is 2.37. The second-order valence-corrected chi connectivity index (χ2v) is 7.59. The molecule has 2 N–H and O–H groups in total. The molecule has 3 rings (SSSR count). The van der Waals surface area contributed by atoms with Gasteiger partial charge in [-0.2, -0.15) is 0 Å². The maximum absolute atomic E-state index is 9.78. The Morgan fingerprint density at radius 1 is 1.00 bits per heavy atom. The molecule has 4 heteroatoms. The number of methoxy groups -OCH3 is 1. The fraction of sp³-hybridized carbons (Fsp3) is 0.280. The van der Waals surface area contributed by atoms with Crippen LogP contribution in [-0.4, -0.2) is 17.3 Å². The fourth-order valence-corrected chi connectivity index (χ4v) is 3.37. The number of phenolic OH excluding ortho intramolecular Hbond substituents is 2. The Labute approximate surface area is 171 Å². The van der Waals surface area contributed by atoms with Crippen LogP contribution in [0.15, 0.2) is 64.1 Å². The van der Waals surface area contributed by atoms with Gasteiger partial charge in [-0.25, -0.2) is 0 Å². The SMILES string of the molecule is COc1ccc2cc(-c3cc(O)cc(O)c3)oc2c1C/C=C(\C)CCC=C(C)C. The van der Waals surface area contributed by atoms with Crippen LogP contribution in [0.3, 0.4) is 0 Å². The van der Waals surface area contributed by atoms with Gasteiger partial charge in [-0.05, 0) is 70.4 Å². The number of allylic oxidation sites excluding steroid dienone is 4. The van der Waals surface area contributed by atoms with Crippen molar-refractivity contribution in [2.45, 2.75) is 40.0 Å². The second kappa shape index (κ2) is 8.91. The van der Waals surface area contributed by atoms with Crippen molar-refractivity contribution in [3.05, 3.63) is 65.3 Å². The number of rotatable bonds is 7. The molecule has 0 aliphatic heterocycles. The first kappa shape index (κ1) is 20.6. The predicted molar refractivity (Wildman–Crippen MR) is 118 cm³/mol. The number of benzene rings is 2. The maximum Gasteiger partial charge on any atom is 0.142 e. The van der Waals surface area contributed by atoms with Crippen molar-refractivity contribution in [3.8, 4) is 28.6 Å². The number of phenols is 2. The van der Waals surface area contributed by atoms with Crippen LogP contribution in [0.25, 0.3) is 22.3 Å². The average Bonchev–Trinajstić information content (AvgIpc) is 3.09. The van der Waals surface area contributed by atoms with Gasteiger partial charge >= 0.3 is 0 Å². The van der Waals surface area contributed by atoms with Gasteiger partial charge < -0.3 is 19.4 Å². The molecule has 3 aromatic rings. The molecule has 0 aliphatic rings. The lowest BCUT2D eigenvalue weighted by Gasteiger charge is -2.08. The van der Waals surface area contributed by atoms with Gasteiger partial charge in [0, 0.05) is 22.6 Å². The van der Waals surface area contributed by atoms with E-state index in [1.807, 2.05) is 18.2 Å². The normalized spacial score (nSPS) is 11.7. The van der Waals surface area contributed by atoms with E-state index < -0.39 is 0 Å². The summed E-state index contributed by atoms with van der Waals surface area (Å²) in [5, 5.41) is 20.5. The van der Waals surface area contributed by atoms with E-state index in [-0.39, 0.29) is 11.5 Å². The van der Waals surface area contributed by atoms with E-state index in [9.17, 15) is 10.2 Å². The lowest BCUT2D eigenvalue weighted by molar-refractivity contribution is 0.410. The minimum Gasteiger partial charge on any atom is -0.508 e. The zero-order valence-corrected chi connectivity index (χ0v) is 17.5. The third-order valence-corrected chi connectivity index (χ3v) is 4.90. The van der Waals surface area contributed by atoms with E-state index in [1.165, 1.54) is 17.2 Å². The topological polar surface area (TPSA) is 62.8 Å². The standard InChI is InChI=1S/C25H28O4/c1-16(2)6-5-7-17(3)8-10-22-23(28-4)11-9-18-14-24(29-25(18)22)19-12-20(26)15-21(27)13-19/h6,8-9,11-15,26-27H,5,7,10H2,1-4H3/b17-8+. The quantitative estimate of drug-likeness (QED) is 0.436. The summed E-state index contributed by atoms with van der Waals surface area (Å²) in [6.07, 6.45) is 7.24. The summed E-state index contributed by atoms with van der Waals surface area (Å²) in [4.78, 5) is 0. The molecule has 0 aliphatic carbocycles. The highest BCUT2D eigenvalue weighted by molar-refractivity contribution is 5.87. The van der Waals surface area contributed by atoms with Gasteiger partial charge in [-0.1, -0.05) is 23.3 Å². The Kier molecular flexibility index (Phi) is 6.32. The van der Waals surface area contributed by atoms with Gasteiger partial charge in [0.25, 0.3) is 0 Å². The van der Waals surface area contributed by atoms with Crippen LogP contribution < -0.4 is 4.74 Å². The van der Waals surface area contributed by atoms with Gasteiger partial charge in [-0.15, -0.1) is 0 Å². The maximum atomic E-state index is 9.78. The molecule has 29 heavy (non-hydrogen) atoms. The summed E-state index contributed by atoms with van der Waals surface area (Å²) in [6, 6.07) is 10.3. The molecule has 4 nitrogen and oxygen atoms in total. The molecule has 0 atom stereocenters. The molecule has 1 aromatic heterocycles. The van der Waals surface area contributed by atoms with Crippen LogP contribution in [0.4, 0.5) is 0 Å². The zero-order chi connectivity index (χ0) is 21.0. The van der Waals surface area contributed by atoms with E-state index in [2.05, 4.69) is 32.9 Å². The van der Waals surface area contributed by atoms with Crippen LogP contribution in [0.2, 0.25) is 0 Å². The fourth-order valence-electron chi connectivity index (χ4n) is 3.37. The Morgan fingerprint density at radius 2 is 1.72 bits per heavy atom. The van der Waals surface area contributed by atoms with Crippen LogP contribution in [0.1, 0.15) is 39.2 Å². The molecule has 0 fully saturated rings. The average molecular weight is 392 g/mol. The Bertz CT molecular complexity index is 1050. The molecule has 0 bridgehead atoms. The smallest absolute Gasteiger partial charge is 0.142 e. The summed E-state index contributed by atoms with van der Waals surface area (Å²) in [7, 11) is 1.66. The Balaban J connectivity index is 1.95. The second-order valence-electron chi connectivity index (χ2n) is 7.59. The number of furan rings is 1. The summed E-state index contributed by atoms with van der Waals surface area (Å²) in [5.41, 5.74) is 5.03. The van der Waals surface area contributed by atoms with Gasteiger partial charge in [0.1, 0.15) is 28.6 Å². The highest BCUT2D eigenvalue weighted by atomic mass is 16.5. The van der Waals surface area contributed by atoms with Crippen molar-refractivity contribution >= 4 is 11.0 Å². The van der Waals surface area contributed by atoms with E-state index >= 15 is 0 Å². The molecule has 1 heterocycles. The number of fused-ring (bicyclic) bond motifs is 1. The van der Waals surface area contributed by atoms with E-state index in [4.69, 9.17) is 9.15 Å². The molecule has 0 saturated carbocycles. The molecule has 2 aromatic carbocycles. The Hall–Kier alpha value is -3.14. The van der Waals surface area contributed by atoms with Crippen LogP contribution >= 0.6 is 0 Å². The molecule has 0 amide bonds. The molecule has 0 radical (unpaired) electrons. The lowest BCUT2D eigenvalue weighted by atomic mass is 10.0. The van der Waals surface area contributed by atoms with Crippen molar-refractivity contribution in [3.63, 3.8) is 0 Å². The van der Waals surface area contributed by atoms with E-state index in [0.29, 0.717) is 17.7 Å². The first-order valence-electron chi connectivity index (χ1n) is 9.79. The minimum atomic E-state index is -0.00631. The first-order chi connectivity index (χ1) is 13.9. The van der Waals surface area contributed by atoms with E-state index in [0.717, 1.165) is 35.1 Å². The third kappa shape index (κ3) is 5.02. The van der Waals surface area contributed by atoms with E-state index in [1.54, 1.807) is 19.2 Å². The van der Waals surface area contributed by atoms with Crippen LogP contribution in [0, 0.1) is 0 Å². The molecular weight excluding hydrogens is 364 g/mol. The third-order valence-electron chi connectivity index (χ3n) is 4.90. The Morgan fingerprint density at radius 3 is 2.38 bits per heavy atom.